The first-order valence-corrected chi connectivity index (χ1v) is 12.4. The Balaban J connectivity index is 1.65. The Morgan fingerprint density at radius 3 is 2.39 bits per heavy atom. The van der Waals surface area contributed by atoms with Gasteiger partial charge in [0, 0.05) is 37.9 Å². The lowest BCUT2D eigenvalue weighted by molar-refractivity contribution is -0.122. The molecule has 11 heteroatoms. The SMILES string of the molecule is COc1cc2c(=O)n(CCC(=O)NC[C@H]3CCCO3)c(=O)n(CC(=O)Nc3ccc(C)cc3)c2cc1OC. The Morgan fingerprint density at radius 1 is 1.03 bits per heavy atom. The molecule has 1 aliphatic heterocycles. The quantitative estimate of drug-likeness (QED) is 0.414. The van der Waals surface area contributed by atoms with Crippen LogP contribution in [0.3, 0.4) is 0 Å². The van der Waals surface area contributed by atoms with E-state index < -0.39 is 17.2 Å². The predicted molar refractivity (Wildman–Crippen MR) is 142 cm³/mol. The lowest BCUT2D eigenvalue weighted by atomic mass is 10.2. The topological polar surface area (TPSA) is 130 Å². The number of amides is 2. The minimum absolute atomic E-state index is 0.0194. The first-order valence-electron chi connectivity index (χ1n) is 12.4. The van der Waals surface area contributed by atoms with Crippen molar-refractivity contribution in [3.63, 3.8) is 0 Å². The largest absolute Gasteiger partial charge is 0.493 e. The number of nitrogens with zero attached hydrogens (tertiary/aromatic N) is 2. The van der Waals surface area contributed by atoms with E-state index in [2.05, 4.69) is 10.6 Å². The second-order valence-electron chi connectivity index (χ2n) is 9.15. The van der Waals surface area contributed by atoms with Crippen LogP contribution in [0.1, 0.15) is 24.8 Å². The fourth-order valence-electron chi connectivity index (χ4n) is 4.41. The summed E-state index contributed by atoms with van der Waals surface area (Å²) in [6.45, 7) is 2.48. The summed E-state index contributed by atoms with van der Waals surface area (Å²) >= 11 is 0. The third-order valence-corrected chi connectivity index (χ3v) is 6.48. The molecule has 2 N–H and O–H groups in total. The van der Waals surface area contributed by atoms with Crippen molar-refractivity contribution < 1.29 is 23.8 Å². The number of ether oxygens (including phenoxy) is 3. The molecule has 0 aliphatic carbocycles. The van der Waals surface area contributed by atoms with Crippen LogP contribution in [-0.2, 0) is 27.4 Å². The van der Waals surface area contributed by atoms with Crippen LogP contribution in [0.25, 0.3) is 10.9 Å². The first-order chi connectivity index (χ1) is 18.3. The molecule has 2 amide bonds. The molecular weight excluding hydrogens is 492 g/mol. The Bertz CT molecular complexity index is 1440. The third kappa shape index (κ3) is 6.05. The van der Waals surface area contributed by atoms with Crippen LogP contribution in [0.4, 0.5) is 5.69 Å². The van der Waals surface area contributed by atoms with Crippen LogP contribution in [-0.4, -0.2) is 54.4 Å². The van der Waals surface area contributed by atoms with E-state index in [9.17, 15) is 19.2 Å². The Hall–Kier alpha value is -4.12. The number of carbonyl (C=O) groups is 2. The minimum atomic E-state index is -0.708. The predicted octanol–water partition coefficient (Wildman–Crippen LogP) is 1.81. The number of aryl methyl sites for hydroxylation is 1. The van der Waals surface area contributed by atoms with Gasteiger partial charge in [-0.2, -0.15) is 0 Å². The number of aromatic nitrogens is 2. The van der Waals surface area contributed by atoms with Crippen molar-refractivity contribution in [1.82, 2.24) is 14.5 Å². The molecule has 1 atom stereocenters. The number of carbonyl (C=O) groups excluding carboxylic acids is 2. The summed E-state index contributed by atoms with van der Waals surface area (Å²) in [6.07, 6.45) is 1.73. The first kappa shape index (κ1) is 26.9. The van der Waals surface area contributed by atoms with Gasteiger partial charge in [-0.25, -0.2) is 4.79 Å². The summed E-state index contributed by atoms with van der Waals surface area (Å²) in [5.41, 5.74) is 0.538. The monoisotopic (exact) mass is 524 g/mol. The fraction of sp³-hybridized carbons (Fsp3) is 0.407. The number of anilines is 1. The Labute approximate surface area is 219 Å². The number of benzene rings is 2. The minimum Gasteiger partial charge on any atom is -0.493 e. The van der Waals surface area contributed by atoms with Crippen LogP contribution in [0, 0.1) is 6.92 Å². The average molecular weight is 525 g/mol. The van der Waals surface area contributed by atoms with E-state index in [1.165, 1.54) is 30.9 Å². The molecule has 11 nitrogen and oxygen atoms in total. The van der Waals surface area contributed by atoms with Crippen LogP contribution < -0.4 is 31.4 Å². The van der Waals surface area contributed by atoms with Gasteiger partial charge in [0.1, 0.15) is 6.54 Å². The number of fused-ring (bicyclic) bond motifs is 1. The van der Waals surface area contributed by atoms with Crippen LogP contribution in [0.5, 0.6) is 11.5 Å². The fourth-order valence-corrected chi connectivity index (χ4v) is 4.41. The lowest BCUT2D eigenvalue weighted by Gasteiger charge is -2.16. The van der Waals surface area contributed by atoms with E-state index in [0.29, 0.717) is 30.3 Å². The molecule has 0 saturated carbocycles. The summed E-state index contributed by atoms with van der Waals surface area (Å²) in [7, 11) is 2.87. The van der Waals surface area contributed by atoms with Crippen molar-refractivity contribution in [3.05, 3.63) is 62.8 Å². The summed E-state index contributed by atoms with van der Waals surface area (Å²) in [5.74, 6) is -0.153. The molecule has 38 heavy (non-hydrogen) atoms. The summed E-state index contributed by atoms with van der Waals surface area (Å²) < 4.78 is 18.4. The van der Waals surface area contributed by atoms with Crippen molar-refractivity contribution in [2.75, 3.05) is 32.7 Å². The number of methoxy groups -OCH3 is 2. The smallest absolute Gasteiger partial charge is 0.331 e. The highest BCUT2D eigenvalue weighted by Gasteiger charge is 2.20. The molecule has 1 saturated heterocycles. The van der Waals surface area contributed by atoms with E-state index in [0.717, 1.165) is 23.0 Å². The highest BCUT2D eigenvalue weighted by atomic mass is 16.5. The van der Waals surface area contributed by atoms with Gasteiger partial charge in [-0.3, -0.25) is 23.5 Å². The normalized spacial score (nSPS) is 14.9. The number of hydrogen-bond donors (Lipinski definition) is 2. The zero-order valence-corrected chi connectivity index (χ0v) is 21.7. The van der Waals surface area contributed by atoms with Gasteiger partial charge in [-0.15, -0.1) is 0 Å². The molecule has 1 aliphatic rings. The number of nitrogens with one attached hydrogen (secondary N) is 2. The Kier molecular flexibility index (Phi) is 8.47. The molecule has 0 radical (unpaired) electrons. The number of hydrogen-bond acceptors (Lipinski definition) is 7. The van der Waals surface area contributed by atoms with Gasteiger partial charge in [-0.05, 0) is 38.0 Å². The molecule has 1 aromatic heterocycles. The van der Waals surface area contributed by atoms with Crippen LogP contribution in [0.2, 0.25) is 0 Å². The second kappa shape index (κ2) is 12.0. The van der Waals surface area contributed by atoms with Crippen molar-refractivity contribution in [1.29, 1.82) is 0 Å². The molecule has 4 rings (SSSR count). The van der Waals surface area contributed by atoms with Crippen molar-refractivity contribution in [2.45, 2.75) is 45.4 Å². The zero-order valence-electron chi connectivity index (χ0n) is 21.7. The van der Waals surface area contributed by atoms with Crippen molar-refractivity contribution >= 4 is 28.4 Å². The van der Waals surface area contributed by atoms with Crippen LogP contribution >= 0.6 is 0 Å². The van der Waals surface area contributed by atoms with E-state index >= 15 is 0 Å². The molecular formula is C27H32N4O7. The molecule has 2 heterocycles. The third-order valence-electron chi connectivity index (χ3n) is 6.48. The average Bonchev–Trinajstić information content (AvgIpc) is 3.44. The Morgan fingerprint density at radius 2 is 1.74 bits per heavy atom. The van der Waals surface area contributed by atoms with Gasteiger partial charge in [0.2, 0.25) is 11.8 Å². The summed E-state index contributed by atoms with van der Waals surface area (Å²) in [6, 6.07) is 10.2. The lowest BCUT2D eigenvalue weighted by Crippen LogP contribution is -2.43. The standard InChI is InChI=1S/C27H32N4O7/c1-17-6-8-18(9-7-17)29-25(33)16-31-21-14-23(37-3)22(36-2)13-20(21)26(34)30(27(31)35)11-10-24(32)28-15-19-5-4-12-38-19/h6-9,13-14,19H,4-5,10-12,15-16H2,1-3H3,(H,28,32)(H,29,33)/t19-/m1/s1. The summed E-state index contributed by atoms with van der Waals surface area (Å²) in [5, 5.41) is 5.72. The molecule has 202 valence electrons. The maximum atomic E-state index is 13.5. The van der Waals surface area contributed by atoms with Crippen LogP contribution in [0.15, 0.2) is 46.0 Å². The van der Waals surface area contributed by atoms with Crippen molar-refractivity contribution in [3.8, 4) is 11.5 Å². The van der Waals surface area contributed by atoms with Gasteiger partial charge in [0.25, 0.3) is 5.56 Å². The van der Waals surface area contributed by atoms with Gasteiger partial charge < -0.3 is 24.8 Å². The molecule has 0 bridgehead atoms. The maximum absolute atomic E-state index is 13.5. The molecule has 2 aromatic carbocycles. The second-order valence-corrected chi connectivity index (χ2v) is 9.15. The number of rotatable bonds is 10. The van der Waals surface area contributed by atoms with Gasteiger partial charge >= 0.3 is 5.69 Å². The maximum Gasteiger partial charge on any atom is 0.331 e. The molecule has 0 spiro atoms. The highest BCUT2D eigenvalue weighted by Crippen LogP contribution is 2.30. The molecule has 3 aromatic rings. The van der Waals surface area contributed by atoms with Gasteiger partial charge in [0.05, 0.1) is 31.2 Å². The van der Waals surface area contributed by atoms with E-state index in [-0.39, 0.29) is 42.4 Å². The van der Waals surface area contributed by atoms with Gasteiger partial charge in [-0.1, -0.05) is 17.7 Å². The van der Waals surface area contributed by atoms with E-state index in [1.807, 2.05) is 19.1 Å². The van der Waals surface area contributed by atoms with E-state index in [1.54, 1.807) is 12.1 Å². The zero-order chi connectivity index (χ0) is 27.2. The van der Waals surface area contributed by atoms with Crippen molar-refractivity contribution in [2.24, 2.45) is 0 Å². The highest BCUT2D eigenvalue weighted by molar-refractivity contribution is 5.92. The molecule has 0 unspecified atom stereocenters. The van der Waals surface area contributed by atoms with E-state index in [4.69, 9.17) is 14.2 Å². The van der Waals surface area contributed by atoms with Gasteiger partial charge in [0.15, 0.2) is 11.5 Å². The summed E-state index contributed by atoms with van der Waals surface area (Å²) in [4.78, 5) is 52.2. The molecule has 1 fully saturated rings.